The Balaban J connectivity index is 1.01. The number of halogens is 5. The van der Waals surface area contributed by atoms with Crippen molar-refractivity contribution in [2.75, 3.05) is 30.3 Å². The monoisotopic (exact) mass is 798 g/mol. The van der Waals surface area contributed by atoms with E-state index in [0.717, 1.165) is 17.5 Å². The number of nitrogens with one attached hydrogen (secondary N) is 5. The third kappa shape index (κ3) is 10.8. The molecule has 2 saturated carbocycles. The summed E-state index contributed by atoms with van der Waals surface area (Å²) >= 11 is 6.02. The van der Waals surface area contributed by atoms with Gasteiger partial charge in [-0.15, -0.1) is 0 Å². The highest BCUT2D eigenvalue weighted by atomic mass is 35.5. The first-order valence-corrected chi connectivity index (χ1v) is 17.8. The van der Waals surface area contributed by atoms with Crippen LogP contribution in [0.5, 0.6) is 6.01 Å². The first-order valence-electron chi connectivity index (χ1n) is 17.4. The Morgan fingerprint density at radius 1 is 0.929 bits per heavy atom. The molecule has 0 aliphatic heterocycles. The molecule has 294 valence electrons. The van der Waals surface area contributed by atoms with Crippen molar-refractivity contribution in [2.45, 2.75) is 49.4 Å². The van der Waals surface area contributed by atoms with Crippen molar-refractivity contribution < 1.29 is 46.6 Å². The first-order chi connectivity index (χ1) is 26.7. The summed E-state index contributed by atoms with van der Waals surface area (Å²) in [6, 6.07) is 16.9. The number of aliphatic carboxylic acids is 1. The van der Waals surface area contributed by atoms with Gasteiger partial charge in [-0.1, -0.05) is 35.9 Å². The van der Waals surface area contributed by atoms with E-state index in [1.807, 2.05) is 12.1 Å². The molecule has 0 bridgehead atoms. The minimum absolute atomic E-state index is 0.0475. The summed E-state index contributed by atoms with van der Waals surface area (Å²) in [6.07, 6.45) is -2.76. The topological polar surface area (TPSA) is 197 Å². The van der Waals surface area contributed by atoms with Crippen LogP contribution in [-0.4, -0.2) is 75.7 Å². The highest BCUT2D eigenvalue weighted by Gasteiger charge is 2.45. The molecule has 3 amide bonds. The number of carbonyl (C=O) groups excluding carboxylic acids is 3. The number of hydrogen-bond acceptors (Lipinski definition) is 10. The van der Waals surface area contributed by atoms with E-state index in [4.69, 9.17) is 16.3 Å². The second-order valence-electron chi connectivity index (χ2n) is 13.4. The number of carboxylic acids is 1. The van der Waals surface area contributed by atoms with E-state index in [2.05, 4.69) is 41.5 Å². The SMILES string of the molecule is O=C(NCC[C@H](NC(=O)c1ccc(Nc2nc(NC3(c4ccc(Cl)cc4)CC3)nc(OCC(F)(F)F)n2)cc1)C(=O)O)C(=O)NCC1CC1c1cccc(F)c1. The second-order valence-corrected chi connectivity index (χ2v) is 13.8. The van der Waals surface area contributed by atoms with Gasteiger partial charge in [-0.2, -0.15) is 28.1 Å². The Labute approximate surface area is 321 Å². The van der Waals surface area contributed by atoms with Crippen LogP contribution in [0.2, 0.25) is 5.02 Å². The molecule has 3 atom stereocenters. The molecule has 6 rings (SSSR count). The molecular weight excluding hydrogens is 764 g/mol. The van der Waals surface area contributed by atoms with Crippen LogP contribution in [0.1, 0.15) is 53.1 Å². The van der Waals surface area contributed by atoms with Crippen LogP contribution in [0.25, 0.3) is 0 Å². The summed E-state index contributed by atoms with van der Waals surface area (Å²) in [5.74, 6) is -4.42. The summed E-state index contributed by atoms with van der Waals surface area (Å²) in [6.45, 7) is -1.66. The zero-order valence-corrected chi connectivity index (χ0v) is 30.1. The minimum Gasteiger partial charge on any atom is -0.480 e. The van der Waals surface area contributed by atoms with Crippen molar-refractivity contribution >= 4 is 52.9 Å². The molecule has 19 heteroatoms. The Kier molecular flexibility index (Phi) is 11.9. The lowest BCUT2D eigenvalue weighted by Gasteiger charge is -2.19. The lowest BCUT2D eigenvalue weighted by Crippen LogP contribution is -2.45. The molecule has 0 saturated heterocycles. The van der Waals surface area contributed by atoms with Crippen molar-refractivity contribution in [1.82, 2.24) is 30.9 Å². The molecular formula is C37H35ClF4N8O6. The van der Waals surface area contributed by atoms with E-state index in [-0.39, 0.29) is 54.6 Å². The van der Waals surface area contributed by atoms with E-state index in [1.165, 1.54) is 36.4 Å². The number of ether oxygens (including phenoxy) is 1. The Bertz CT molecular complexity index is 2090. The van der Waals surface area contributed by atoms with Gasteiger partial charge in [0, 0.05) is 29.4 Å². The number of nitrogens with zero attached hydrogens (tertiary/aromatic N) is 3. The average molecular weight is 799 g/mol. The number of amides is 3. The smallest absolute Gasteiger partial charge is 0.422 e. The average Bonchev–Trinajstić information content (AvgIpc) is 4.09. The molecule has 14 nitrogen and oxygen atoms in total. The predicted molar refractivity (Wildman–Crippen MR) is 194 cm³/mol. The van der Waals surface area contributed by atoms with Crippen LogP contribution >= 0.6 is 11.6 Å². The molecule has 2 aliphatic rings. The summed E-state index contributed by atoms with van der Waals surface area (Å²) in [5, 5.41) is 23.5. The Morgan fingerprint density at radius 3 is 2.29 bits per heavy atom. The highest BCUT2D eigenvalue weighted by Crippen LogP contribution is 2.48. The molecule has 1 heterocycles. The Morgan fingerprint density at radius 2 is 1.62 bits per heavy atom. The molecule has 1 aromatic heterocycles. The summed E-state index contributed by atoms with van der Waals surface area (Å²) < 4.78 is 57.1. The number of rotatable bonds is 16. The fourth-order valence-electron chi connectivity index (χ4n) is 5.94. The normalized spacial score (nSPS) is 17.2. The van der Waals surface area contributed by atoms with E-state index in [1.54, 1.807) is 24.3 Å². The maximum atomic E-state index is 13.5. The first kappa shape index (κ1) is 39.6. The summed E-state index contributed by atoms with van der Waals surface area (Å²) in [4.78, 5) is 61.6. The van der Waals surface area contributed by atoms with Crippen molar-refractivity contribution in [3.63, 3.8) is 0 Å². The van der Waals surface area contributed by atoms with Gasteiger partial charge in [0.25, 0.3) is 5.91 Å². The van der Waals surface area contributed by atoms with Crippen LogP contribution in [-0.2, 0) is 19.9 Å². The van der Waals surface area contributed by atoms with E-state index in [9.17, 15) is 41.8 Å². The molecule has 3 aromatic carbocycles. The quantitative estimate of drug-likeness (QED) is 0.0655. The van der Waals surface area contributed by atoms with Gasteiger partial charge in [0.2, 0.25) is 11.9 Å². The van der Waals surface area contributed by atoms with Gasteiger partial charge in [0.1, 0.15) is 11.9 Å². The number of hydrogen-bond donors (Lipinski definition) is 6. The van der Waals surface area contributed by atoms with Gasteiger partial charge in [0.15, 0.2) is 6.61 Å². The molecule has 0 radical (unpaired) electrons. The highest BCUT2D eigenvalue weighted by molar-refractivity contribution is 6.35. The molecule has 56 heavy (non-hydrogen) atoms. The maximum absolute atomic E-state index is 13.5. The summed E-state index contributed by atoms with van der Waals surface area (Å²) in [7, 11) is 0. The van der Waals surface area contributed by atoms with Crippen LogP contribution in [0.3, 0.4) is 0 Å². The fraction of sp³-hybridized carbons (Fsp3) is 0.324. The lowest BCUT2D eigenvalue weighted by molar-refractivity contribution is -0.154. The van der Waals surface area contributed by atoms with Crippen molar-refractivity contribution in [3.8, 4) is 6.01 Å². The third-order valence-electron chi connectivity index (χ3n) is 9.13. The molecule has 2 fully saturated rings. The standard InChI is InChI=1S/C37H35ClF4N8O6/c38-24-8-6-23(7-9-24)36(13-14-36)50-34-47-33(48-35(49-34)56-19-37(40,41)42)45-26-10-4-20(5-11-26)29(51)46-28(32(54)55)12-15-43-30(52)31(53)44-18-22-17-27(22)21-2-1-3-25(39)16-21/h1-11,16,22,27-28H,12-15,17-19H2,(H,43,52)(H,44,53)(H,46,51)(H,54,55)(H2,45,47,48,49,50)/t22?,27?,28-/m0/s1. The predicted octanol–water partition coefficient (Wildman–Crippen LogP) is 5.06. The van der Waals surface area contributed by atoms with Gasteiger partial charge in [-0.3, -0.25) is 14.4 Å². The Hall–Kier alpha value is -6.04. The van der Waals surface area contributed by atoms with Gasteiger partial charge in [0.05, 0.1) is 5.54 Å². The zero-order valence-electron chi connectivity index (χ0n) is 29.3. The number of benzene rings is 3. The maximum Gasteiger partial charge on any atom is 0.422 e. The van der Waals surface area contributed by atoms with E-state index in [0.29, 0.717) is 23.6 Å². The van der Waals surface area contributed by atoms with Crippen LogP contribution in [0, 0.1) is 11.7 Å². The number of carbonyl (C=O) groups is 4. The van der Waals surface area contributed by atoms with E-state index >= 15 is 0 Å². The minimum atomic E-state index is -4.65. The van der Waals surface area contributed by atoms with Crippen molar-refractivity contribution in [1.29, 1.82) is 0 Å². The lowest BCUT2D eigenvalue weighted by atomic mass is 10.1. The van der Waals surface area contributed by atoms with Crippen LogP contribution in [0.4, 0.5) is 35.1 Å². The molecule has 0 spiro atoms. The number of aromatic nitrogens is 3. The third-order valence-corrected chi connectivity index (χ3v) is 9.39. The van der Waals surface area contributed by atoms with Crippen molar-refractivity contribution in [3.05, 3.63) is 100 Å². The van der Waals surface area contributed by atoms with Crippen LogP contribution < -0.4 is 31.3 Å². The second kappa shape index (κ2) is 16.8. The van der Waals surface area contributed by atoms with Gasteiger partial charge in [-0.05, 0) is 97.2 Å². The van der Waals surface area contributed by atoms with Gasteiger partial charge < -0.3 is 36.4 Å². The summed E-state index contributed by atoms with van der Waals surface area (Å²) in [5.41, 5.74) is 1.51. The van der Waals surface area contributed by atoms with Gasteiger partial charge in [-0.25, -0.2) is 9.18 Å². The number of carboxylic acid groups (broad SMARTS) is 1. The zero-order chi connectivity index (χ0) is 40.0. The molecule has 4 aromatic rings. The van der Waals surface area contributed by atoms with Gasteiger partial charge >= 0.3 is 30.0 Å². The van der Waals surface area contributed by atoms with E-state index < -0.39 is 54.1 Å². The molecule has 2 aliphatic carbocycles. The number of anilines is 3. The molecule has 2 unspecified atom stereocenters. The number of alkyl halides is 3. The van der Waals surface area contributed by atoms with Crippen molar-refractivity contribution in [2.24, 2.45) is 5.92 Å². The largest absolute Gasteiger partial charge is 0.480 e. The molecule has 6 N–H and O–H groups in total. The van der Waals surface area contributed by atoms with Crippen LogP contribution in [0.15, 0.2) is 72.8 Å². The fourth-order valence-corrected chi connectivity index (χ4v) is 6.07.